The van der Waals surface area contributed by atoms with Crippen LogP contribution in [0.1, 0.15) is 75.6 Å². The lowest BCUT2D eigenvalue weighted by Gasteiger charge is -2.24. The third kappa shape index (κ3) is 13.1. The van der Waals surface area contributed by atoms with E-state index < -0.39 is 0 Å². The Hall–Kier alpha value is -4.30. The van der Waals surface area contributed by atoms with E-state index in [0.29, 0.717) is 77.6 Å². The number of halogens is 6. The van der Waals surface area contributed by atoms with Gasteiger partial charge in [0.05, 0.1) is 42.0 Å². The summed E-state index contributed by atoms with van der Waals surface area (Å²) in [5, 5.41) is 16.5. The van der Waals surface area contributed by atoms with Crippen LogP contribution in [0.25, 0.3) is 0 Å². The number of nitrogens with zero attached hydrogens (tertiary/aromatic N) is 3. The number of nitrogens with one attached hydrogen (secondary N) is 3. The minimum absolute atomic E-state index is 0.0630. The molecule has 0 saturated heterocycles. The number of aryl methyl sites for hydroxylation is 3. The largest absolute Gasteiger partial charge is 0.438 e. The topological polar surface area (TPSA) is 156 Å². The molecule has 2 aliphatic rings. The molecule has 6 rings (SSSR count). The van der Waals surface area contributed by atoms with Crippen molar-refractivity contribution in [2.75, 3.05) is 0 Å². The molecule has 12 nitrogen and oxygen atoms in total. The van der Waals surface area contributed by atoms with Gasteiger partial charge >= 0.3 is 0 Å². The second-order valence-electron chi connectivity index (χ2n) is 14.7. The van der Waals surface area contributed by atoms with Gasteiger partial charge in [-0.1, -0.05) is 109 Å². The van der Waals surface area contributed by atoms with E-state index in [4.69, 9.17) is 83.8 Å². The Bertz CT molecular complexity index is 2330. The Kier molecular flexibility index (Phi) is 17.3. The third-order valence-electron chi connectivity index (χ3n) is 8.91. The zero-order valence-corrected chi connectivity index (χ0v) is 38.6. The van der Waals surface area contributed by atoms with Gasteiger partial charge in [0, 0.05) is 24.5 Å². The van der Waals surface area contributed by atoms with Gasteiger partial charge < -0.3 is 14.2 Å². The van der Waals surface area contributed by atoms with Crippen molar-refractivity contribution in [2.45, 2.75) is 74.1 Å². The molecule has 60 heavy (non-hydrogen) atoms. The van der Waals surface area contributed by atoms with Crippen molar-refractivity contribution in [1.82, 2.24) is 21.0 Å². The van der Waals surface area contributed by atoms with Crippen molar-refractivity contribution in [3.8, 4) is 23.1 Å². The number of ether oxygens (including phenoxy) is 3. The number of benzene rings is 3. The normalized spacial score (nSPS) is 16.0. The van der Waals surface area contributed by atoms with E-state index in [1.54, 1.807) is 49.4 Å². The molecule has 0 bridgehead atoms. The number of carbonyl (C=O) groups excluding carboxylic acids is 2. The van der Waals surface area contributed by atoms with E-state index in [9.17, 15) is 14.4 Å². The predicted molar refractivity (Wildman–Crippen MR) is 241 cm³/mol. The Morgan fingerprint density at radius 1 is 0.650 bits per heavy atom. The van der Waals surface area contributed by atoms with Crippen LogP contribution in [0.2, 0.25) is 30.1 Å². The highest BCUT2D eigenvalue weighted by Crippen LogP contribution is 2.38. The maximum absolute atomic E-state index is 11.7. The van der Waals surface area contributed by atoms with Gasteiger partial charge in [0.25, 0.3) is 5.56 Å². The van der Waals surface area contributed by atoms with Crippen molar-refractivity contribution in [2.24, 2.45) is 28.0 Å². The monoisotopic (exact) mass is 938 g/mol. The van der Waals surface area contributed by atoms with E-state index in [1.165, 1.54) is 0 Å². The van der Waals surface area contributed by atoms with Crippen molar-refractivity contribution < 1.29 is 23.8 Å². The second kappa shape index (κ2) is 21.5. The first-order valence-corrected chi connectivity index (χ1v) is 20.8. The maximum Gasteiger partial charge on any atom is 0.267 e. The molecule has 2 amide bonds. The molecule has 2 atom stereocenters. The van der Waals surface area contributed by atoms with Crippen LogP contribution >= 0.6 is 69.6 Å². The zero-order valence-electron chi connectivity index (χ0n) is 34.0. The van der Waals surface area contributed by atoms with Gasteiger partial charge in [-0.25, -0.2) is 16.0 Å². The number of H-pyrrole nitrogens is 1. The first kappa shape index (κ1) is 48.4. The third-order valence-corrected chi connectivity index (χ3v) is 10.6. The van der Waals surface area contributed by atoms with Gasteiger partial charge in [0.2, 0.25) is 29.5 Å². The Morgan fingerprint density at radius 2 is 1.05 bits per heavy atom. The summed E-state index contributed by atoms with van der Waals surface area (Å²) in [5.74, 6) is 1.53. The number of hydrogen-bond donors (Lipinski definition) is 3. The minimum Gasteiger partial charge on any atom is -0.438 e. The molecular formula is C42H44Cl6N6O6. The first-order chi connectivity index (χ1) is 28.1. The molecule has 0 aliphatic carbocycles. The number of amides is 2. The van der Waals surface area contributed by atoms with E-state index in [1.807, 2.05) is 48.5 Å². The summed E-state index contributed by atoms with van der Waals surface area (Å²) in [5.41, 5.74) is 8.82. The highest BCUT2D eigenvalue weighted by molar-refractivity contribution is 6.38. The fraction of sp³-hybridized carbons (Fsp3) is 0.333. The summed E-state index contributed by atoms with van der Waals surface area (Å²) >= 11 is 36.7. The lowest BCUT2D eigenvalue weighted by molar-refractivity contribution is -0.127. The standard InChI is InChI=1S/C14H16Cl2N2O2.2C14H14Cl2N2O2/c3*1-7(2)9-6-12(17-18-14(9)19)20-13-10(15)4-8(3)5-11(13)16/h4-5,7,9H,6H2,1-3H3,(H,18,19);4-7H,1-3H3,(H,18,19);4-5,9H,1,6H2,2-3H3,(H,18,19). The van der Waals surface area contributed by atoms with Crippen molar-refractivity contribution >= 4 is 93.2 Å². The number of aromatic nitrogens is 2. The molecule has 3 heterocycles. The smallest absolute Gasteiger partial charge is 0.267 e. The van der Waals surface area contributed by atoms with Gasteiger partial charge in [-0.15, -0.1) is 15.3 Å². The summed E-state index contributed by atoms with van der Waals surface area (Å²) in [4.78, 5) is 34.9. The molecule has 1 aromatic heterocycles. The van der Waals surface area contributed by atoms with E-state index in [-0.39, 0.29) is 46.9 Å². The second-order valence-corrected chi connectivity index (χ2v) is 17.2. The summed E-state index contributed by atoms with van der Waals surface area (Å²) in [7, 11) is 0. The average molecular weight is 942 g/mol. The van der Waals surface area contributed by atoms with E-state index in [0.717, 1.165) is 22.3 Å². The van der Waals surface area contributed by atoms with Crippen LogP contribution in [0.3, 0.4) is 0 Å². The molecule has 0 spiro atoms. The van der Waals surface area contributed by atoms with Crippen molar-refractivity contribution in [3.63, 3.8) is 0 Å². The molecule has 320 valence electrons. The van der Waals surface area contributed by atoms with E-state index in [2.05, 4.69) is 37.8 Å². The summed E-state index contributed by atoms with van der Waals surface area (Å²) in [6, 6.07) is 12.1. The van der Waals surface area contributed by atoms with Gasteiger partial charge in [0.1, 0.15) is 0 Å². The molecule has 0 radical (unpaired) electrons. The van der Waals surface area contributed by atoms with Crippen LogP contribution in [0.5, 0.6) is 23.1 Å². The Balaban J connectivity index is 0.000000198. The molecule has 2 unspecified atom stereocenters. The average Bonchev–Trinajstić information content (AvgIpc) is 3.15. The first-order valence-electron chi connectivity index (χ1n) is 18.5. The number of hydrazone groups is 2. The molecule has 18 heteroatoms. The fourth-order valence-electron chi connectivity index (χ4n) is 5.68. The van der Waals surface area contributed by atoms with Crippen LogP contribution in [-0.2, 0) is 9.59 Å². The lowest BCUT2D eigenvalue weighted by Crippen LogP contribution is -2.38. The predicted octanol–water partition coefficient (Wildman–Crippen LogP) is 11.8. The minimum atomic E-state index is -0.356. The van der Waals surface area contributed by atoms with Crippen LogP contribution in [-0.4, -0.2) is 33.8 Å². The highest BCUT2D eigenvalue weighted by atomic mass is 35.5. The van der Waals surface area contributed by atoms with Crippen LogP contribution < -0.4 is 30.6 Å². The summed E-state index contributed by atoms with van der Waals surface area (Å²) < 4.78 is 16.9. The van der Waals surface area contributed by atoms with Crippen LogP contribution in [0.15, 0.2) is 69.6 Å². The van der Waals surface area contributed by atoms with Crippen molar-refractivity contribution in [3.05, 3.63) is 117 Å². The number of rotatable bonds is 7. The van der Waals surface area contributed by atoms with Gasteiger partial charge in [-0.2, -0.15) is 0 Å². The SMILES string of the molecule is C=C(C)C1CC(Oc2c(Cl)cc(C)cc2Cl)=NNC1=O.Cc1cc(Cl)c(OC2=NNC(=O)C(C(C)C)C2)c(Cl)c1.Cc1cc(Cl)c(Oc2cc(C(C)C)c(=O)[nH]n2)c(Cl)c1. The van der Waals surface area contributed by atoms with Gasteiger partial charge in [-0.3, -0.25) is 14.4 Å². The molecular weight excluding hydrogens is 897 g/mol. The molecule has 0 fully saturated rings. The number of hydrogen-bond acceptors (Lipinski definition) is 9. The van der Waals surface area contributed by atoms with Crippen molar-refractivity contribution in [1.29, 1.82) is 0 Å². The molecule has 3 aromatic carbocycles. The number of carbonyl (C=O) groups is 2. The summed E-state index contributed by atoms with van der Waals surface area (Å²) in [6.45, 7) is 19.1. The van der Waals surface area contributed by atoms with Gasteiger partial charge in [0.15, 0.2) is 17.2 Å². The van der Waals surface area contributed by atoms with E-state index >= 15 is 0 Å². The zero-order chi connectivity index (χ0) is 44.6. The molecule has 3 N–H and O–H groups in total. The quantitative estimate of drug-likeness (QED) is 0.156. The van der Waals surface area contributed by atoms with Crippen LogP contribution in [0, 0.1) is 38.5 Å². The summed E-state index contributed by atoms with van der Waals surface area (Å²) in [6.07, 6.45) is 0.770. The molecule has 4 aromatic rings. The van der Waals surface area contributed by atoms with Crippen LogP contribution in [0.4, 0.5) is 0 Å². The highest BCUT2D eigenvalue weighted by Gasteiger charge is 2.30. The molecule has 2 aliphatic heterocycles. The Morgan fingerprint density at radius 3 is 1.45 bits per heavy atom. The maximum atomic E-state index is 11.7. The Labute approximate surface area is 378 Å². The lowest BCUT2D eigenvalue weighted by atomic mass is 9.91. The number of aromatic amines is 1. The molecule has 0 saturated carbocycles. The van der Waals surface area contributed by atoms with Gasteiger partial charge in [-0.05, 0) is 92.6 Å². The fourth-order valence-corrected chi connectivity index (χ4v) is 7.70.